The minimum Gasteiger partial charge on any atom is -0.207 e. The largest absolute Gasteiger partial charge is 0.244 e. The highest BCUT2D eigenvalue weighted by Gasteiger charge is 2.32. The van der Waals surface area contributed by atoms with Gasteiger partial charge in [0.15, 0.2) is 0 Å². The van der Waals surface area contributed by atoms with Crippen molar-refractivity contribution in [2.24, 2.45) is 11.3 Å². The van der Waals surface area contributed by atoms with Gasteiger partial charge < -0.3 is 0 Å². The van der Waals surface area contributed by atoms with Gasteiger partial charge in [-0.15, -0.1) is 0 Å². The summed E-state index contributed by atoms with van der Waals surface area (Å²) in [6, 6.07) is 7.06. The van der Waals surface area contributed by atoms with Crippen molar-refractivity contribution in [1.29, 1.82) is 0 Å². The van der Waals surface area contributed by atoms with Crippen LogP contribution in [0.4, 0.5) is 0 Å². The van der Waals surface area contributed by atoms with Crippen LogP contribution in [0, 0.1) is 11.3 Å². The van der Waals surface area contributed by atoms with E-state index in [9.17, 15) is 8.42 Å². The number of rotatable bonds is 2. The number of hydrogen-bond donors (Lipinski definition) is 0. The van der Waals surface area contributed by atoms with E-state index in [1.165, 1.54) is 0 Å². The van der Waals surface area contributed by atoms with Crippen molar-refractivity contribution in [3.63, 3.8) is 0 Å². The lowest BCUT2D eigenvalue weighted by Crippen LogP contribution is -2.32. The topological polar surface area (TPSA) is 37.4 Å². The number of benzene rings is 1. The molecule has 1 aromatic rings. The minimum absolute atomic E-state index is 0.243. The molecule has 0 aliphatic carbocycles. The molecule has 1 fully saturated rings. The first-order valence-electron chi connectivity index (χ1n) is 7.47. The zero-order valence-electron chi connectivity index (χ0n) is 13.0. The van der Waals surface area contributed by atoms with Gasteiger partial charge in [-0.2, -0.15) is 4.31 Å². The predicted octanol–water partition coefficient (Wildman–Crippen LogP) is 4.29. The molecule has 0 spiro atoms. The average Bonchev–Trinajstić information content (AvgIpc) is 2.64. The van der Waals surface area contributed by atoms with E-state index in [-0.39, 0.29) is 5.41 Å². The smallest absolute Gasteiger partial charge is 0.207 e. The molecule has 3 nitrogen and oxygen atoms in total. The van der Waals surface area contributed by atoms with Crippen LogP contribution in [-0.4, -0.2) is 25.8 Å². The Balaban J connectivity index is 2.21. The molecule has 118 valence electrons. The second-order valence-electron chi connectivity index (χ2n) is 6.83. The van der Waals surface area contributed by atoms with E-state index in [1.54, 1.807) is 22.5 Å². The van der Waals surface area contributed by atoms with E-state index >= 15 is 0 Å². The van der Waals surface area contributed by atoms with Gasteiger partial charge in [-0.3, -0.25) is 0 Å². The Kier molecular flexibility index (Phi) is 5.16. The summed E-state index contributed by atoms with van der Waals surface area (Å²) in [5.74, 6) is 0.580. The lowest BCUT2D eigenvalue weighted by molar-refractivity contribution is 0.217. The first-order chi connectivity index (χ1) is 9.73. The molecule has 0 amide bonds. The maximum absolute atomic E-state index is 12.8. The molecule has 0 aromatic heterocycles. The Hall–Kier alpha value is -0.390. The first kappa shape index (κ1) is 17.0. The van der Waals surface area contributed by atoms with Crippen molar-refractivity contribution >= 4 is 26.0 Å². The van der Waals surface area contributed by atoms with E-state index in [4.69, 9.17) is 0 Å². The van der Waals surface area contributed by atoms with Crippen LogP contribution in [0.15, 0.2) is 33.6 Å². The molecule has 1 aliphatic rings. The summed E-state index contributed by atoms with van der Waals surface area (Å²) in [5.41, 5.74) is 0.243. The molecule has 0 N–H and O–H groups in total. The standard InChI is InChI=1S/C16H24BrNO2S/c1-16(2,3)13-7-6-11-18(12-10-13)21(19,20)15-9-5-4-8-14(15)17/h4-5,8-9,13H,6-7,10-12H2,1-3H3. The average molecular weight is 374 g/mol. The maximum atomic E-state index is 12.8. The van der Waals surface area contributed by atoms with Gasteiger partial charge in [-0.1, -0.05) is 32.9 Å². The highest BCUT2D eigenvalue weighted by atomic mass is 79.9. The van der Waals surface area contributed by atoms with Gasteiger partial charge >= 0.3 is 0 Å². The Labute approximate surface area is 136 Å². The molecule has 1 unspecified atom stereocenters. The zero-order valence-corrected chi connectivity index (χ0v) is 15.4. The number of halogens is 1. The van der Waals surface area contributed by atoms with Crippen LogP contribution < -0.4 is 0 Å². The van der Waals surface area contributed by atoms with Crippen molar-refractivity contribution in [3.8, 4) is 0 Å². The fraction of sp³-hybridized carbons (Fsp3) is 0.625. The second-order valence-corrected chi connectivity index (χ2v) is 9.59. The number of nitrogens with zero attached hydrogens (tertiary/aromatic N) is 1. The lowest BCUT2D eigenvalue weighted by Gasteiger charge is -2.29. The Morgan fingerprint density at radius 1 is 1.14 bits per heavy atom. The second kappa shape index (κ2) is 6.39. The van der Waals surface area contributed by atoms with E-state index in [0.717, 1.165) is 19.3 Å². The Morgan fingerprint density at radius 3 is 2.43 bits per heavy atom. The first-order valence-corrected chi connectivity index (χ1v) is 9.71. The van der Waals surface area contributed by atoms with Gasteiger partial charge in [0.2, 0.25) is 10.0 Å². The van der Waals surface area contributed by atoms with Crippen molar-refractivity contribution in [2.75, 3.05) is 13.1 Å². The molecule has 1 heterocycles. The van der Waals surface area contributed by atoms with Crippen molar-refractivity contribution in [3.05, 3.63) is 28.7 Å². The molecule has 1 saturated heterocycles. The number of sulfonamides is 1. The van der Waals surface area contributed by atoms with Crippen molar-refractivity contribution in [1.82, 2.24) is 4.31 Å². The van der Waals surface area contributed by atoms with E-state index in [0.29, 0.717) is 28.4 Å². The fourth-order valence-electron chi connectivity index (χ4n) is 2.97. The van der Waals surface area contributed by atoms with Crippen LogP contribution in [-0.2, 0) is 10.0 Å². The molecule has 1 aromatic carbocycles. The van der Waals surface area contributed by atoms with E-state index in [1.807, 2.05) is 6.07 Å². The SMILES string of the molecule is CC(C)(C)C1CCCN(S(=O)(=O)c2ccccc2Br)CC1. The summed E-state index contributed by atoms with van der Waals surface area (Å²) in [5, 5.41) is 0. The third kappa shape index (κ3) is 3.88. The molecular weight excluding hydrogens is 350 g/mol. The fourth-order valence-corrected chi connectivity index (χ4v) is 5.43. The van der Waals surface area contributed by atoms with Crippen LogP contribution >= 0.6 is 15.9 Å². The van der Waals surface area contributed by atoms with E-state index in [2.05, 4.69) is 36.7 Å². The quantitative estimate of drug-likeness (QED) is 0.775. The molecule has 1 atom stereocenters. The van der Waals surface area contributed by atoms with Gasteiger partial charge in [0.05, 0.1) is 4.90 Å². The molecule has 1 aliphatic heterocycles. The van der Waals surface area contributed by atoms with Gasteiger partial charge in [-0.25, -0.2) is 8.42 Å². The summed E-state index contributed by atoms with van der Waals surface area (Å²) >= 11 is 3.36. The van der Waals surface area contributed by atoms with Crippen molar-refractivity contribution in [2.45, 2.75) is 44.9 Å². The number of hydrogen-bond acceptors (Lipinski definition) is 2. The maximum Gasteiger partial charge on any atom is 0.244 e. The zero-order chi connectivity index (χ0) is 15.7. The summed E-state index contributed by atoms with van der Waals surface area (Å²) in [7, 11) is -3.40. The third-order valence-corrected chi connectivity index (χ3v) is 7.28. The molecule has 2 rings (SSSR count). The molecule has 21 heavy (non-hydrogen) atoms. The summed E-state index contributed by atoms with van der Waals surface area (Å²) in [4.78, 5) is 0.374. The summed E-state index contributed by atoms with van der Waals surface area (Å²) < 4.78 is 27.9. The molecule has 0 radical (unpaired) electrons. The van der Waals surface area contributed by atoms with E-state index < -0.39 is 10.0 Å². The minimum atomic E-state index is -3.40. The molecule has 5 heteroatoms. The van der Waals surface area contributed by atoms with Gasteiger partial charge in [0, 0.05) is 17.6 Å². The molecular formula is C16H24BrNO2S. The monoisotopic (exact) mass is 373 g/mol. The van der Waals surface area contributed by atoms with Crippen LogP contribution in [0.5, 0.6) is 0 Å². The van der Waals surface area contributed by atoms with Crippen LogP contribution in [0.3, 0.4) is 0 Å². The van der Waals surface area contributed by atoms with Gasteiger partial charge in [-0.05, 0) is 58.7 Å². The molecule has 0 saturated carbocycles. The lowest BCUT2D eigenvalue weighted by atomic mass is 9.77. The Bertz CT molecular complexity index is 593. The highest BCUT2D eigenvalue weighted by molar-refractivity contribution is 9.10. The summed E-state index contributed by atoms with van der Waals surface area (Å²) in [6.45, 7) is 7.97. The van der Waals surface area contributed by atoms with Gasteiger partial charge in [0.25, 0.3) is 0 Å². The predicted molar refractivity (Wildman–Crippen MR) is 89.7 cm³/mol. The third-order valence-electron chi connectivity index (χ3n) is 4.37. The van der Waals surface area contributed by atoms with Crippen LogP contribution in [0.25, 0.3) is 0 Å². The normalized spacial score (nSPS) is 22.0. The highest BCUT2D eigenvalue weighted by Crippen LogP contribution is 2.35. The van der Waals surface area contributed by atoms with Gasteiger partial charge in [0.1, 0.15) is 0 Å². The van der Waals surface area contributed by atoms with Crippen molar-refractivity contribution < 1.29 is 8.42 Å². The molecule has 0 bridgehead atoms. The summed E-state index contributed by atoms with van der Waals surface area (Å²) in [6.07, 6.45) is 2.98. The van der Waals surface area contributed by atoms with Crippen LogP contribution in [0.1, 0.15) is 40.0 Å². The van der Waals surface area contributed by atoms with Crippen LogP contribution in [0.2, 0.25) is 0 Å². The Morgan fingerprint density at radius 2 is 1.81 bits per heavy atom.